The topological polar surface area (TPSA) is 64.6 Å². The number of hydrogen-bond donors (Lipinski definition) is 1. The van der Waals surface area contributed by atoms with Crippen LogP contribution in [0.1, 0.15) is 74.5 Å². The van der Waals surface area contributed by atoms with Crippen LogP contribution in [-0.2, 0) is 9.59 Å². The number of benzene rings is 2. The van der Waals surface area contributed by atoms with Gasteiger partial charge in [-0.3, -0.25) is 9.59 Å². The largest absolute Gasteiger partial charge is 0.493 e. The van der Waals surface area contributed by atoms with Gasteiger partial charge in [0.25, 0.3) is 0 Å². The second-order valence-electron chi connectivity index (χ2n) is 8.89. The second-order valence-corrected chi connectivity index (χ2v) is 8.89. The van der Waals surface area contributed by atoms with Crippen LogP contribution < -0.4 is 14.8 Å². The highest BCUT2D eigenvalue weighted by Crippen LogP contribution is 2.44. The highest BCUT2D eigenvalue weighted by molar-refractivity contribution is 6.02. The highest BCUT2D eigenvalue weighted by atomic mass is 16.5. The van der Waals surface area contributed by atoms with E-state index in [1.807, 2.05) is 25.1 Å². The first kappa shape index (κ1) is 22.1. The molecule has 2 aromatic rings. The molecule has 5 heteroatoms. The molecule has 2 aromatic carbocycles. The predicted octanol–water partition coefficient (Wildman–Crippen LogP) is 5.22. The Balaban J connectivity index is 1.65. The summed E-state index contributed by atoms with van der Waals surface area (Å²) < 4.78 is 11.1. The van der Waals surface area contributed by atoms with Gasteiger partial charge in [0.1, 0.15) is 0 Å². The maximum Gasteiger partial charge on any atom is 0.225 e. The monoisotopic (exact) mass is 433 g/mol. The Hall–Kier alpha value is -3.08. The molecule has 4 rings (SSSR count). The summed E-state index contributed by atoms with van der Waals surface area (Å²) in [4.78, 5) is 25.9. The average Bonchev–Trinajstić information content (AvgIpc) is 2.78. The number of ether oxygens (including phenoxy) is 2. The zero-order valence-corrected chi connectivity index (χ0v) is 19.2. The molecule has 0 spiro atoms. The standard InChI is InChI=1S/C27H31NO4/c1-5-32-24-11-10-19(14-25(24)31-4)20-12-22-27(23(29)13-20)21(15-26(30)28-22)18-8-6-17(7-9-18)16(2)3/h6-11,14,16,20-21H,5,12-13,15H2,1-4H3,(H,28,30)/t20-,21+/m1/s1. The molecule has 1 aliphatic carbocycles. The van der Waals surface area contributed by atoms with Crippen LogP contribution in [0.15, 0.2) is 53.7 Å². The van der Waals surface area contributed by atoms with Crippen molar-refractivity contribution in [3.63, 3.8) is 0 Å². The molecule has 1 N–H and O–H groups in total. The van der Waals surface area contributed by atoms with E-state index in [9.17, 15) is 9.59 Å². The maximum atomic E-state index is 13.3. The summed E-state index contributed by atoms with van der Waals surface area (Å²) in [6.07, 6.45) is 1.37. The Morgan fingerprint density at radius 1 is 0.969 bits per heavy atom. The summed E-state index contributed by atoms with van der Waals surface area (Å²) >= 11 is 0. The van der Waals surface area contributed by atoms with Crippen molar-refractivity contribution in [1.82, 2.24) is 5.32 Å². The summed E-state index contributed by atoms with van der Waals surface area (Å²) in [5.74, 6) is 1.69. The van der Waals surface area contributed by atoms with Crippen molar-refractivity contribution < 1.29 is 19.1 Å². The van der Waals surface area contributed by atoms with E-state index >= 15 is 0 Å². The van der Waals surface area contributed by atoms with Crippen LogP contribution in [0.25, 0.3) is 0 Å². The molecule has 0 saturated carbocycles. The number of nitrogens with one attached hydrogen (secondary N) is 1. The van der Waals surface area contributed by atoms with Gasteiger partial charge in [0.05, 0.1) is 13.7 Å². The molecular formula is C27H31NO4. The number of methoxy groups -OCH3 is 1. The molecule has 168 valence electrons. The number of rotatable bonds is 6. The van der Waals surface area contributed by atoms with E-state index in [0.29, 0.717) is 43.3 Å². The van der Waals surface area contributed by atoms with E-state index in [4.69, 9.17) is 9.47 Å². The number of allylic oxidation sites excluding steroid dienone is 2. The number of Topliss-reactive ketones (excluding diaryl/α,β-unsaturated/α-hetero) is 1. The van der Waals surface area contributed by atoms with Crippen LogP contribution in [0, 0.1) is 0 Å². The lowest BCUT2D eigenvalue weighted by Gasteiger charge is -2.34. The van der Waals surface area contributed by atoms with E-state index in [0.717, 1.165) is 22.4 Å². The lowest BCUT2D eigenvalue weighted by atomic mass is 9.73. The van der Waals surface area contributed by atoms with Crippen LogP contribution in [0.3, 0.4) is 0 Å². The smallest absolute Gasteiger partial charge is 0.225 e. The number of amides is 1. The molecule has 0 saturated heterocycles. The van der Waals surface area contributed by atoms with Crippen molar-refractivity contribution in [3.05, 3.63) is 70.4 Å². The Bertz CT molecular complexity index is 1050. The lowest BCUT2D eigenvalue weighted by Crippen LogP contribution is -2.38. The molecule has 0 bridgehead atoms. The zero-order valence-electron chi connectivity index (χ0n) is 19.2. The third-order valence-corrected chi connectivity index (χ3v) is 6.50. The molecule has 2 atom stereocenters. The van der Waals surface area contributed by atoms with Gasteiger partial charge in [0.2, 0.25) is 5.91 Å². The third kappa shape index (κ3) is 4.29. The van der Waals surface area contributed by atoms with Crippen molar-refractivity contribution in [2.24, 2.45) is 0 Å². The van der Waals surface area contributed by atoms with Crippen molar-refractivity contribution in [2.75, 3.05) is 13.7 Å². The van der Waals surface area contributed by atoms with E-state index in [1.54, 1.807) is 7.11 Å². The molecule has 2 aliphatic rings. The van der Waals surface area contributed by atoms with E-state index in [-0.39, 0.29) is 23.5 Å². The van der Waals surface area contributed by atoms with Crippen molar-refractivity contribution in [3.8, 4) is 11.5 Å². The molecule has 1 heterocycles. The van der Waals surface area contributed by atoms with Crippen LogP contribution in [-0.4, -0.2) is 25.4 Å². The summed E-state index contributed by atoms with van der Waals surface area (Å²) in [5, 5.41) is 3.00. The number of carbonyl (C=O) groups excluding carboxylic acids is 2. The first-order valence-electron chi connectivity index (χ1n) is 11.4. The first-order valence-corrected chi connectivity index (χ1v) is 11.4. The molecule has 0 aromatic heterocycles. The fraction of sp³-hybridized carbons (Fsp3) is 0.407. The van der Waals surface area contributed by atoms with Gasteiger partial charge >= 0.3 is 0 Å². The maximum absolute atomic E-state index is 13.3. The number of ketones is 1. The van der Waals surface area contributed by atoms with Crippen LogP contribution in [0.4, 0.5) is 0 Å². The quantitative estimate of drug-likeness (QED) is 0.678. The molecular weight excluding hydrogens is 402 g/mol. The summed E-state index contributed by atoms with van der Waals surface area (Å²) in [6, 6.07) is 14.2. The lowest BCUT2D eigenvalue weighted by molar-refractivity contribution is -0.122. The summed E-state index contributed by atoms with van der Waals surface area (Å²) in [7, 11) is 1.62. The third-order valence-electron chi connectivity index (χ3n) is 6.50. The Labute approximate surface area is 189 Å². The first-order chi connectivity index (χ1) is 15.4. The van der Waals surface area contributed by atoms with Gasteiger partial charge in [0, 0.05) is 30.0 Å². The number of carbonyl (C=O) groups is 2. The molecule has 0 fully saturated rings. The van der Waals surface area contributed by atoms with E-state index < -0.39 is 0 Å². The fourth-order valence-electron chi connectivity index (χ4n) is 4.81. The fourth-order valence-corrected chi connectivity index (χ4v) is 4.81. The summed E-state index contributed by atoms with van der Waals surface area (Å²) in [6.45, 7) is 6.80. The normalized spacial score (nSPS) is 20.8. The van der Waals surface area contributed by atoms with Crippen LogP contribution >= 0.6 is 0 Å². The molecule has 32 heavy (non-hydrogen) atoms. The van der Waals surface area contributed by atoms with Gasteiger partial charge < -0.3 is 14.8 Å². The van der Waals surface area contributed by atoms with Crippen LogP contribution in [0.5, 0.6) is 11.5 Å². The Morgan fingerprint density at radius 2 is 1.69 bits per heavy atom. The number of hydrogen-bond acceptors (Lipinski definition) is 4. The highest BCUT2D eigenvalue weighted by Gasteiger charge is 2.38. The van der Waals surface area contributed by atoms with Crippen molar-refractivity contribution in [1.29, 1.82) is 0 Å². The Kier molecular flexibility index (Phi) is 6.35. The minimum absolute atomic E-state index is 0.00630. The average molecular weight is 434 g/mol. The van der Waals surface area contributed by atoms with Crippen LogP contribution in [0.2, 0.25) is 0 Å². The van der Waals surface area contributed by atoms with Gasteiger partial charge in [-0.1, -0.05) is 44.2 Å². The predicted molar refractivity (Wildman–Crippen MR) is 124 cm³/mol. The van der Waals surface area contributed by atoms with Crippen molar-refractivity contribution >= 4 is 11.7 Å². The van der Waals surface area contributed by atoms with E-state index in [2.05, 4.69) is 43.4 Å². The molecule has 5 nitrogen and oxygen atoms in total. The SMILES string of the molecule is CCOc1ccc([C@H]2CC(=O)C3=C(C2)NC(=O)C[C@H]3c2ccc(C(C)C)cc2)cc1OC. The zero-order chi connectivity index (χ0) is 22.8. The van der Waals surface area contributed by atoms with Crippen molar-refractivity contribution in [2.45, 2.75) is 57.8 Å². The molecule has 1 aliphatic heterocycles. The van der Waals surface area contributed by atoms with Gasteiger partial charge in [-0.15, -0.1) is 0 Å². The van der Waals surface area contributed by atoms with Gasteiger partial charge in [-0.25, -0.2) is 0 Å². The van der Waals surface area contributed by atoms with Gasteiger partial charge in [0.15, 0.2) is 17.3 Å². The van der Waals surface area contributed by atoms with E-state index in [1.165, 1.54) is 5.56 Å². The summed E-state index contributed by atoms with van der Waals surface area (Å²) in [5.41, 5.74) is 4.85. The molecule has 0 unspecified atom stereocenters. The minimum Gasteiger partial charge on any atom is -0.493 e. The minimum atomic E-state index is -0.178. The van der Waals surface area contributed by atoms with Gasteiger partial charge in [-0.2, -0.15) is 0 Å². The second kappa shape index (κ2) is 9.19. The van der Waals surface area contributed by atoms with Gasteiger partial charge in [-0.05, 0) is 54.0 Å². The molecule has 1 amide bonds. The molecule has 0 radical (unpaired) electrons. The Morgan fingerprint density at radius 3 is 2.34 bits per heavy atom.